The van der Waals surface area contributed by atoms with Crippen LogP contribution in [0, 0.1) is 0 Å². The van der Waals surface area contributed by atoms with Crippen LogP contribution in [-0.2, 0) is 13.6 Å². The summed E-state index contributed by atoms with van der Waals surface area (Å²) in [4.78, 5) is 0. The highest BCUT2D eigenvalue weighted by molar-refractivity contribution is 7.41. The van der Waals surface area contributed by atoms with Crippen LogP contribution in [0.2, 0.25) is 0 Å². The van der Waals surface area contributed by atoms with E-state index in [1.165, 1.54) is 0 Å². The Morgan fingerprint density at radius 1 is 1.67 bits per heavy atom. The van der Waals surface area contributed by atoms with Crippen molar-refractivity contribution >= 4 is 8.60 Å². The van der Waals surface area contributed by atoms with E-state index >= 15 is 0 Å². The topological polar surface area (TPSA) is 27.7 Å². The second-order valence-electron chi connectivity index (χ2n) is 2.56. The van der Waals surface area contributed by atoms with Crippen molar-refractivity contribution in [3.8, 4) is 0 Å². The van der Waals surface area contributed by atoms with E-state index in [1.54, 1.807) is 6.26 Å². The molecular formula is C8H15O3P. The van der Waals surface area contributed by atoms with Crippen molar-refractivity contribution in [1.29, 1.82) is 0 Å². The average molecular weight is 190 g/mol. The van der Waals surface area contributed by atoms with E-state index in [0.29, 0.717) is 6.10 Å². The van der Waals surface area contributed by atoms with E-state index < -0.39 is 8.60 Å². The van der Waals surface area contributed by atoms with Crippen LogP contribution in [0.15, 0.2) is 12.3 Å². The summed E-state index contributed by atoms with van der Waals surface area (Å²) in [6.45, 7) is 4.76. The molecule has 2 unspecified atom stereocenters. The van der Waals surface area contributed by atoms with Crippen molar-refractivity contribution in [1.82, 2.24) is 0 Å². The molecule has 1 heterocycles. The van der Waals surface area contributed by atoms with Crippen molar-refractivity contribution < 1.29 is 13.6 Å². The van der Waals surface area contributed by atoms with Crippen LogP contribution >= 0.6 is 8.60 Å². The largest absolute Gasteiger partial charge is 0.435 e. The maximum atomic E-state index is 5.51. The van der Waals surface area contributed by atoms with E-state index in [9.17, 15) is 0 Å². The zero-order valence-electron chi connectivity index (χ0n) is 7.53. The number of allylic oxidation sites excluding steroid dienone is 1. The number of rotatable bonds is 3. The molecule has 0 aliphatic carbocycles. The minimum atomic E-state index is -1.11. The Hall–Kier alpha value is -0.110. The van der Waals surface area contributed by atoms with E-state index in [2.05, 4.69) is 6.92 Å². The quantitative estimate of drug-likeness (QED) is 0.505. The van der Waals surface area contributed by atoms with Crippen LogP contribution in [0.25, 0.3) is 0 Å². The van der Waals surface area contributed by atoms with Crippen LogP contribution < -0.4 is 0 Å². The van der Waals surface area contributed by atoms with Gasteiger partial charge >= 0.3 is 8.60 Å². The van der Waals surface area contributed by atoms with Gasteiger partial charge in [-0.2, -0.15) is 0 Å². The summed E-state index contributed by atoms with van der Waals surface area (Å²) < 4.78 is 16.0. The maximum absolute atomic E-state index is 5.51. The van der Waals surface area contributed by atoms with Crippen molar-refractivity contribution in [2.24, 2.45) is 0 Å². The first kappa shape index (κ1) is 9.97. The molecule has 70 valence electrons. The van der Waals surface area contributed by atoms with E-state index in [-0.39, 0.29) is 0 Å². The van der Waals surface area contributed by atoms with Gasteiger partial charge in [0.15, 0.2) is 0 Å². The van der Waals surface area contributed by atoms with Crippen LogP contribution in [0.1, 0.15) is 26.7 Å². The molecule has 0 aromatic heterocycles. The summed E-state index contributed by atoms with van der Waals surface area (Å²) in [5.74, 6) is 0. The Kier molecular flexibility index (Phi) is 4.59. The Morgan fingerprint density at radius 2 is 2.50 bits per heavy atom. The molecule has 0 aromatic carbocycles. The van der Waals surface area contributed by atoms with Gasteiger partial charge in [-0.3, -0.25) is 4.52 Å². The first-order chi connectivity index (χ1) is 5.86. The molecule has 0 radical (unpaired) electrons. The van der Waals surface area contributed by atoms with Crippen LogP contribution in [-0.4, -0.2) is 12.7 Å². The standard InChI is InChI=1S/C8H15O3P/c1-3-6-9-12-10-7-5-8(4-2)11-12/h3,6,8H,4-5,7H2,1-2H3. The predicted octanol–water partition coefficient (Wildman–Crippen LogP) is 2.98. The molecule has 0 aromatic rings. The predicted molar refractivity (Wildman–Crippen MR) is 48.6 cm³/mol. The second-order valence-corrected chi connectivity index (χ2v) is 3.68. The third kappa shape index (κ3) is 3.10. The van der Waals surface area contributed by atoms with Crippen LogP contribution in [0.4, 0.5) is 0 Å². The fraction of sp³-hybridized carbons (Fsp3) is 0.750. The Morgan fingerprint density at radius 3 is 3.17 bits per heavy atom. The summed E-state index contributed by atoms with van der Waals surface area (Å²) in [6.07, 6.45) is 5.76. The molecule has 0 bridgehead atoms. The van der Waals surface area contributed by atoms with Crippen molar-refractivity contribution in [2.75, 3.05) is 6.61 Å². The molecule has 0 saturated carbocycles. The molecule has 0 spiro atoms. The van der Waals surface area contributed by atoms with Gasteiger partial charge in [0.1, 0.15) is 0 Å². The summed E-state index contributed by atoms with van der Waals surface area (Å²) in [6, 6.07) is 0. The number of hydrogen-bond donors (Lipinski definition) is 0. The Balaban J connectivity index is 2.25. The van der Waals surface area contributed by atoms with Gasteiger partial charge in [0, 0.05) is 0 Å². The molecular weight excluding hydrogens is 175 g/mol. The van der Waals surface area contributed by atoms with Gasteiger partial charge in [-0.05, 0) is 19.8 Å². The third-order valence-electron chi connectivity index (χ3n) is 1.61. The minimum absolute atomic E-state index is 0.315. The lowest BCUT2D eigenvalue weighted by atomic mass is 10.2. The van der Waals surface area contributed by atoms with Gasteiger partial charge in [0.05, 0.1) is 19.0 Å². The fourth-order valence-corrected chi connectivity index (χ4v) is 2.05. The molecule has 1 saturated heterocycles. The minimum Gasteiger partial charge on any atom is -0.435 e. The molecule has 0 amide bonds. The normalized spacial score (nSPS) is 30.8. The SMILES string of the molecule is CC=COP1OCCC(CC)O1. The molecule has 12 heavy (non-hydrogen) atoms. The molecule has 1 fully saturated rings. The molecule has 3 nitrogen and oxygen atoms in total. The van der Waals surface area contributed by atoms with Gasteiger partial charge in [0.25, 0.3) is 0 Å². The Labute approximate surface area is 74.7 Å². The molecule has 0 N–H and O–H groups in total. The Bertz CT molecular complexity index is 149. The van der Waals surface area contributed by atoms with Crippen molar-refractivity contribution in [2.45, 2.75) is 32.8 Å². The molecule has 2 atom stereocenters. The van der Waals surface area contributed by atoms with E-state index in [1.807, 2.05) is 13.0 Å². The van der Waals surface area contributed by atoms with E-state index in [0.717, 1.165) is 19.4 Å². The van der Waals surface area contributed by atoms with Gasteiger partial charge in [-0.15, -0.1) is 0 Å². The first-order valence-electron chi connectivity index (χ1n) is 4.24. The highest BCUT2D eigenvalue weighted by atomic mass is 31.2. The third-order valence-corrected chi connectivity index (χ3v) is 2.77. The summed E-state index contributed by atoms with van der Waals surface area (Å²) >= 11 is 0. The van der Waals surface area contributed by atoms with Crippen LogP contribution in [0.3, 0.4) is 0 Å². The molecule has 1 aliphatic heterocycles. The lowest BCUT2D eigenvalue weighted by Crippen LogP contribution is -2.17. The highest BCUT2D eigenvalue weighted by Crippen LogP contribution is 2.45. The average Bonchev–Trinajstić information content (AvgIpc) is 2.15. The number of hydrogen-bond acceptors (Lipinski definition) is 3. The monoisotopic (exact) mass is 190 g/mol. The van der Waals surface area contributed by atoms with Gasteiger partial charge in [-0.25, -0.2) is 0 Å². The highest BCUT2D eigenvalue weighted by Gasteiger charge is 2.23. The molecule has 4 heteroatoms. The second kappa shape index (κ2) is 5.52. The van der Waals surface area contributed by atoms with Crippen LogP contribution in [0.5, 0.6) is 0 Å². The molecule has 1 aliphatic rings. The zero-order valence-corrected chi connectivity index (χ0v) is 8.42. The van der Waals surface area contributed by atoms with Crippen molar-refractivity contribution in [3.63, 3.8) is 0 Å². The zero-order chi connectivity index (χ0) is 8.81. The lowest BCUT2D eigenvalue weighted by molar-refractivity contribution is 0.0740. The van der Waals surface area contributed by atoms with Gasteiger partial charge in [-0.1, -0.05) is 13.0 Å². The van der Waals surface area contributed by atoms with Gasteiger partial charge in [0.2, 0.25) is 0 Å². The smallest absolute Gasteiger partial charge is 0.396 e. The lowest BCUT2D eigenvalue weighted by Gasteiger charge is -2.26. The van der Waals surface area contributed by atoms with E-state index in [4.69, 9.17) is 13.6 Å². The summed E-state index contributed by atoms with van der Waals surface area (Å²) in [5.41, 5.74) is 0. The summed E-state index contributed by atoms with van der Waals surface area (Å²) in [5, 5.41) is 0. The fourth-order valence-electron chi connectivity index (χ4n) is 0.908. The van der Waals surface area contributed by atoms with Crippen molar-refractivity contribution in [3.05, 3.63) is 12.3 Å². The van der Waals surface area contributed by atoms with Gasteiger partial charge < -0.3 is 9.05 Å². The molecule has 1 rings (SSSR count). The first-order valence-corrected chi connectivity index (χ1v) is 5.34. The maximum Gasteiger partial charge on any atom is 0.396 e. The summed E-state index contributed by atoms with van der Waals surface area (Å²) in [7, 11) is -1.11.